The third-order valence-electron chi connectivity index (χ3n) is 5.34. The van der Waals surface area contributed by atoms with Gasteiger partial charge in [-0.25, -0.2) is 12.1 Å². The van der Waals surface area contributed by atoms with Gasteiger partial charge in [-0.3, -0.25) is 0 Å². The summed E-state index contributed by atoms with van der Waals surface area (Å²) in [6.07, 6.45) is 0. The summed E-state index contributed by atoms with van der Waals surface area (Å²) in [5.41, 5.74) is 4.86. The van der Waals surface area contributed by atoms with Crippen LogP contribution in [0.3, 0.4) is 0 Å². The normalized spacial score (nSPS) is 10.5. The Morgan fingerprint density at radius 3 is 1.19 bits per heavy atom. The van der Waals surface area contributed by atoms with Crippen molar-refractivity contribution in [2.45, 2.75) is 5.41 Å². The molecule has 0 saturated carbocycles. The quantitative estimate of drug-likeness (QED) is 0.132. The Hall–Kier alpha value is -2.64. The van der Waals surface area contributed by atoms with E-state index in [0.717, 1.165) is 4.47 Å². The second-order valence-electron chi connectivity index (χ2n) is 7.12. The van der Waals surface area contributed by atoms with Crippen molar-refractivity contribution in [3.63, 3.8) is 0 Å². The van der Waals surface area contributed by atoms with Crippen LogP contribution < -0.4 is 0 Å². The molecule has 2 heteroatoms. The molecular weight excluding hydrogens is 484 g/mol. The number of hydrogen-bond donors (Lipinski definition) is 0. The van der Waals surface area contributed by atoms with E-state index in [1.165, 1.54) is 22.3 Å². The van der Waals surface area contributed by atoms with Gasteiger partial charge in [0.05, 0.1) is 0 Å². The molecule has 0 amide bonds. The van der Waals surface area contributed by atoms with E-state index in [2.05, 4.69) is 131 Å². The molecule has 0 aliphatic rings. The van der Waals surface area contributed by atoms with Gasteiger partial charge in [0.1, 0.15) is 0 Å². The first-order chi connectivity index (χ1) is 14.8. The number of hydrogen-bond acceptors (Lipinski definition) is 0. The zero-order valence-electron chi connectivity index (χ0n) is 17.0. The van der Waals surface area contributed by atoms with E-state index in [1.54, 1.807) is 0 Å². The fourth-order valence-electron chi connectivity index (χ4n) is 4.04. The largest absolute Gasteiger partial charge is 0.748 e. The summed E-state index contributed by atoms with van der Waals surface area (Å²) in [6, 6.07) is 49.0. The van der Waals surface area contributed by atoms with Crippen LogP contribution in [0.2, 0.25) is 0 Å². The zero-order chi connectivity index (χ0) is 20.7. The van der Waals surface area contributed by atoms with Crippen LogP contribution in [0.5, 0.6) is 0 Å². The monoisotopic (exact) mass is 506 g/mol. The maximum Gasteiger partial charge on any atom is 0 e. The minimum atomic E-state index is -0.298. The summed E-state index contributed by atoms with van der Waals surface area (Å²) >= 11 is 3.28. The molecule has 0 bridgehead atoms. The van der Waals surface area contributed by atoms with E-state index in [-0.39, 0.29) is 22.5 Å². The molecule has 0 atom stereocenters. The molecule has 0 heterocycles. The van der Waals surface area contributed by atoms with Crippen LogP contribution in [-0.4, -0.2) is 0 Å². The van der Waals surface area contributed by atoms with Crippen molar-refractivity contribution >= 4 is 15.9 Å². The Balaban J connectivity index is 0.000000338. The molecule has 160 valence electrons. The molecule has 5 aromatic carbocycles. The van der Waals surface area contributed by atoms with E-state index < -0.39 is 0 Å². The van der Waals surface area contributed by atoms with Gasteiger partial charge in [0.15, 0.2) is 0 Å². The average molecular weight is 507 g/mol. The second kappa shape index (κ2) is 11.1. The Kier molecular flexibility index (Phi) is 8.26. The van der Waals surface area contributed by atoms with Crippen LogP contribution in [0.4, 0.5) is 0 Å². The van der Waals surface area contributed by atoms with Gasteiger partial charge in [0.25, 0.3) is 0 Å². The van der Waals surface area contributed by atoms with Gasteiger partial charge in [-0.05, 0) is 0 Å². The van der Waals surface area contributed by atoms with Crippen LogP contribution in [-0.2, 0) is 22.5 Å². The predicted octanol–water partition coefficient (Wildman–Crippen LogP) is 7.95. The SMILES string of the molecule is Br[c-]1cccc1.[Fe].c1ccc(C(c2ccccc2)(c2ccccc2)[c-]2[cH-][cH-][cH-][cH-]2)cc1. The predicted molar refractivity (Wildman–Crippen MR) is 130 cm³/mol. The molecule has 5 aromatic rings. The third-order valence-corrected chi connectivity index (χ3v) is 5.87. The van der Waals surface area contributed by atoms with Crippen molar-refractivity contribution in [1.82, 2.24) is 0 Å². The summed E-state index contributed by atoms with van der Waals surface area (Å²) in [5.74, 6) is 0. The van der Waals surface area contributed by atoms with Gasteiger partial charge in [0.2, 0.25) is 0 Å². The fraction of sp³-hybridized carbons (Fsp3) is 0.0345. The van der Waals surface area contributed by atoms with Crippen LogP contribution in [0.1, 0.15) is 22.3 Å². The van der Waals surface area contributed by atoms with Crippen LogP contribution >= 0.6 is 15.9 Å². The van der Waals surface area contributed by atoms with Crippen LogP contribution in [0.15, 0.2) is 144 Å². The summed E-state index contributed by atoms with van der Waals surface area (Å²) in [4.78, 5) is 0. The Morgan fingerprint density at radius 2 is 0.903 bits per heavy atom. The molecule has 0 N–H and O–H groups in total. The minimum absolute atomic E-state index is 0. The van der Waals surface area contributed by atoms with Crippen molar-refractivity contribution in [2.24, 2.45) is 0 Å². The maximum absolute atomic E-state index is 3.28. The number of benzene rings is 3. The maximum atomic E-state index is 3.28. The topological polar surface area (TPSA) is 0 Å². The summed E-state index contributed by atoms with van der Waals surface area (Å²) in [7, 11) is 0. The Labute approximate surface area is 203 Å². The molecule has 0 unspecified atom stereocenters. The molecule has 0 saturated heterocycles. The van der Waals surface area contributed by atoms with E-state index in [0.29, 0.717) is 0 Å². The smallest absolute Gasteiger partial charge is 0 e. The summed E-state index contributed by atoms with van der Waals surface area (Å²) in [6.45, 7) is 0. The van der Waals surface area contributed by atoms with Gasteiger partial charge in [-0.15, -0.1) is 21.3 Å². The number of rotatable bonds is 4. The molecule has 5 rings (SSSR count). The molecule has 0 aliphatic heterocycles. The van der Waals surface area contributed by atoms with Crippen LogP contribution in [0, 0.1) is 0 Å². The molecule has 0 nitrogen and oxygen atoms in total. The first-order valence-electron chi connectivity index (χ1n) is 10.1. The van der Waals surface area contributed by atoms with E-state index in [4.69, 9.17) is 0 Å². The van der Waals surface area contributed by atoms with Gasteiger partial charge >= 0.3 is 0 Å². The third kappa shape index (κ3) is 4.99. The summed E-state index contributed by atoms with van der Waals surface area (Å²) in [5, 5.41) is 0. The van der Waals surface area contributed by atoms with Crippen LogP contribution in [0.25, 0.3) is 0 Å². The molecule has 0 fully saturated rings. The van der Waals surface area contributed by atoms with Gasteiger partial charge < -0.3 is 29.8 Å². The van der Waals surface area contributed by atoms with E-state index in [1.807, 2.05) is 24.3 Å². The van der Waals surface area contributed by atoms with Crippen molar-refractivity contribution in [2.75, 3.05) is 0 Å². The Bertz CT molecular complexity index is 1020. The minimum Gasteiger partial charge on any atom is -0.748 e. The molecule has 0 radical (unpaired) electrons. The first-order valence-corrected chi connectivity index (χ1v) is 10.9. The van der Waals surface area contributed by atoms with E-state index in [9.17, 15) is 0 Å². The molecule has 31 heavy (non-hydrogen) atoms. The summed E-state index contributed by atoms with van der Waals surface area (Å²) < 4.78 is 1.16. The van der Waals surface area contributed by atoms with E-state index >= 15 is 0 Å². The average Bonchev–Trinajstić information content (AvgIpc) is 3.52. The standard InChI is InChI=1S/C24H19.C5H4Br.Fe/c1-4-12-20(13-5-1)24(23-18-10-11-19-23,21-14-6-2-7-15-21)22-16-8-3-9-17-22;6-5-3-1-2-4-5;/h1-19H;1-4H;/q-5;-1;. The Morgan fingerprint density at radius 1 is 0.548 bits per heavy atom. The molecule has 0 spiro atoms. The molecule has 0 aromatic heterocycles. The van der Waals surface area contributed by atoms with Gasteiger partial charge in [-0.2, -0.15) is 12.1 Å². The van der Waals surface area contributed by atoms with Gasteiger partial charge in [-0.1, -0.05) is 112 Å². The van der Waals surface area contributed by atoms with Crippen molar-refractivity contribution in [3.8, 4) is 0 Å². The number of halogens is 1. The van der Waals surface area contributed by atoms with Gasteiger partial charge in [0, 0.05) is 17.1 Å². The van der Waals surface area contributed by atoms with Crippen molar-refractivity contribution in [1.29, 1.82) is 0 Å². The first kappa shape index (κ1) is 23.0. The molecule has 0 aliphatic carbocycles. The zero-order valence-corrected chi connectivity index (χ0v) is 19.7. The van der Waals surface area contributed by atoms with Crippen molar-refractivity contribution < 1.29 is 17.1 Å². The fourth-order valence-corrected chi connectivity index (χ4v) is 4.34. The molecular formula is C29H23BrFe-6. The van der Waals surface area contributed by atoms with Crippen molar-refractivity contribution in [3.05, 3.63) is 166 Å². The second-order valence-corrected chi connectivity index (χ2v) is 8.04.